The number of rotatable bonds is 34. The third-order valence-corrected chi connectivity index (χ3v) is 12.6. The summed E-state index contributed by atoms with van der Waals surface area (Å²) in [5.41, 5.74) is -0.0111. The van der Waals surface area contributed by atoms with Crippen LogP contribution in [0.15, 0.2) is 47.3 Å². The fourth-order valence-corrected chi connectivity index (χ4v) is 8.67. The number of unbranched alkanes of at least 4 members (excludes halogenated alkanes) is 3. The minimum atomic E-state index is -2.03. The van der Waals surface area contributed by atoms with E-state index in [1.165, 1.54) is 27.7 Å². The molecule has 412 valence electrons. The molecule has 2 aromatic heterocycles. The number of amides is 6. The van der Waals surface area contributed by atoms with E-state index in [2.05, 4.69) is 21.3 Å². The van der Waals surface area contributed by atoms with Gasteiger partial charge in [0, 0.05) is 61.3 Å². The first-order valence-electron chi connectivity index (χ1n) is 25.6. The number of nitrogens with zero attached hydrogens (tertiary/aromatic N) is 3. The van der Waals surface area contributed by atoms with Gasteiger partial charge in [-0.05, 0) is 75.8 Å². The van der Waals surface area contributed by atoms with E-state index in [1.54, 1.807) is 25.1 Å². The number of pyridine rings is 2. The molecule has 2 atom stereocenters. The Bertz CT molecular complexity index is 2660. The summed E-state index contributed by atoms with van der Waals surface area (Å²) in [5, 5.41) is 21.3. The number of phenols is 1. The van der Waals surface area contributed by atoms with Crippen LogP contribution in [0.1, 0.15) is 81.9 Å². The van der Waals surface area contributed by atoms with Crippen molar-refractivity contribution in [2.75, 3.05) is 92.2 Å². The summed E-state index contributed by atoms with van der Waals surface area (Å²) >= 11 is 0. The van der Waals surface area contributed by atoms with Gasteiger partial charge in [-0.1, -0.05) is 13.3 Å². The predicted octanol–water partition coefficient (Wildman–Crippen LogP) is 0.928. The van der Waals surface area contributed by atoms with Gasteiger partial charge in [-0.2, -0.15) is 0 Å². The number of aromatic nitrogens is 2. The maximum Gasteiger partial charge on any atom is 0.355 e. The Labute approximate surface area is 438 Å². The largest absolute Gasteiger partial charge is 0.508 e. The first kappa shape index (κ1) is 58.1. The fourth-order valence-electron chi connectivity index (χ4n) is 8.67. The van der Waals surface area contributed by atoms with Crippen LogP contribution in [0.5, 0.6) is 5.75 Å². The lowest BCUT2D eigenvalue weighted by molar-refractivity contribution is -0.189. The number of imide groups is 1. The zero-order chi connectivity index (χ0) is 54.5. The molecule has 6 amide bonds. The van der Waals surface area contributed by atoms with Gasteiger partial charge in [-0.25, -0.2) is 9.78 Å². The smallest absolute Gasteiger partial charge is 0.355 e. The Morgan fingerprint density at radius 3 is 2.20 bits per heavy atom. The molecule has 3 aromatic rings. The summed E-state index contributed by atoms with van der Waals surface area (Å²) in [7, 11) is 0. The van der Waals surface area contributed by atoms with E-state index in [9.17, 15) is 48.3 Å². The number of ether oxygens (including phenoxy) is 7. The Kier molecular flexibility index (Phi) is 22.4. The Hall–Kier alpha value is -7.12. The van der Waals surface area contributed by atoms with Crippen molar-refractivity contribution < 1.29 is 76.6 Å². The molecule has 76 heavy (non-hydrogen) atoms. The number of fused-ring (bicyclic) bond motifs is 5. The summed E-state index contributed by atoms with van der Waals surface area (Å²) < 4.78 is 39.7. The van der Waals surface area contributed by atoms with Gasteiger partial charge in [-0.3, -0.25) is 43.3 Å². The molecular formula is C52H67N7O17. The third kappa shape index (κ3) is 16.2. The maximum absolute atomic E-state index is 13.9. The molecular weight excluding hydrogens is 995 g/mol. The van der Waals surface area contributed by atoms with Gasteiger partial charge in [0.25, 0.3) is 17.4 Å². The van der Waals surface area contributed by atoms with Crippen LogP contribution < -0.4 is 26.8 Å². The number of aromatic hydroxyl groups is 1. The molecule has 0 saturated carbocycles. The van der Waals surface area contributed by atoms with E-state index >= 15 is 0 Å². The molecule has 0 bridgehead atoms. The zero-order valence-corrected chi connectivity index (χ0v) is 42.9. The Balaban J connectivity index is 0.881. The molecule has 1 unspecified atom stereocenters. The van der Waals surface area contributed by atoms with E-state index in [0.717, 1.165) is 0 Å². The molecule has 3 aliphatic rings. The number of hydrogen-bond acceptors (Lipinski definition) is 18. The number of nitrogens with one attached hydrogen (secondary N) is 4. The monoisotopic (exact) mass is 1060 g/mol. The maximum atomic E-state index is 13.9. The first-order chi connectivity index (χ1) is 36.7. The van der Waals surface area contributed by atoms with Gasteiger partial charge in [0.2, 0.25) is 29.2 Å². The molecule has 5 N–H and O–H groups in total. The Morgan fingerprint density at radius 1 is 0.763 bits per heavy atom. The highest BCUT2D eigenvalue weighted by molar-refractivity contribution is 6.12. The second kappa shape index (κ2) is 29.3. The molecule has 0 radical (unpaired) electrons. The van der Waals surface area contributed by atoms with Crippen molar-refractivity contribution in [1.29, 1.82) is 0 Å². The summed E-state index contributed by atoms with van der Waals surface area (Å²) in [6.07, 6.45) is 5.59. The number of benzene rings is 1. The summed E-state index contributed by atoms with van der Waals surface area (Å²) in [5.74, 6) is -4.25. The number of esters is 2. The SMILES string of the molecule is CCOCCOCC(=O)NC(CCCCNC(=O)COCCOCCOCCNC(=O)CCCCCN1C(=O)C=CC1=O)C(=O)NCC(=O)O[C@]1(CC)C(=O)OCc2c1cc1n(c2=O)Cc2cc3cc(O)ccc3nc2-1. The van der Waals surface area contributed by atoms with Crippen LogP contribution in [-0.4, -0.2) is 165 Å². The van der Waals surface area contributed by atoms with Gasteiger partial charge in [-0.15, -0.1) is 0 Å². The highest BCUT2D eigenvalue weighted by Gasteiger charge is 2.50. The lowest BCUT2D eigenvalue weighted by atomic mass is 9.85. The van der Waals surface area contributed by atoms with Gasteiger partial charge < -0.3 is 64.1 Å². The van der Waals surface area contributed by atoms with Gasteiger partial charge in [0.15, 0.2) is 0 Å². The van der Waals surface area contributed by atoms with E-state index < -0.39 is 47.5 Å². The quantitative estimate of drug-likeness (QED) is 0.0247. The Morgan fingerprint density at radius 2 is 1.46 bits per heavy atom. The van der Waals surface area contributed by atoms with Crippen LogP contribution in [0, 0.1) is 0 Å². The molecule has 0 fully saturated rings. The molecule has 0 spiro atoms. The van der Waals surface area contributed by atoms with Gasteiger partial charge >= 0.3 is 11.9 Å². The lowest BCUT2D eigenvalue weighted by Crippen LogP contribution is -2.51. The van der Waals surface area contributed by atoms with Crippen LogP contribution in [0.2, 0.25) is 0 Å². The molecule has 1 aromatic carbocycles. The van der Waals surface area contributed by atoms with Crippen molar-refractivity contribution in [3.05, 3.63) is 69.5 Å². The van der Waals surface area contributed by atoms with Crippen LogP contribution in [0.25, 0.3) is 22.3 Å². The van der Waals surface area contributed by atoms with E-state index in [1.807, 2.05) is 13.0 Å². The highest BCUT2D eigenvalue weighted by atomic mass is 16.6. The number of phenolic OH excluding ortho intramolecular Hbond substituents is 1. The number of hydrogen-bond donors (Lipinski definition) is 5. The number of carbonyl (C=O) groups excluding carboxylic acids is 8. The molecule has 6 rings (SSSR count). The standard InChI is InChI=1S/C52H67N7O17/c1-3-52(38-28-41-48-35(26-34-27-36(60)12-13-39(34)57-48)30-59(41)50(68)37(38)31-75-51(52)69)76-47(66)29-55-49(67)40(56-44(63)33-74-24-20-70-4-2)10-7-8-16-53-43(62)32-73-25-23-72-22-21-71-19-17-54-42(61)11-6-5-9-18-58-45(64)14-15-46(58)65/h12-15,26-28,40,60H,3-11,16-25,29-33H2,1-2H3,(H,53,62)(H,54,61)(H,55,67)(H,56,63)/t40?,52-/m0/s1. The van der Waals surface area contributed by atoms with Gasteiger partial charge in [0.05, 0.1) is 75.3 Å². The summed E-state index contributed by atoms with van der Waals surface area (Å²) in [4.78, 5) is 121. The van der Waals surface area contributed by atoms with Crippen molar-refractivity contribution in [2.45, 2.75) is 90.0 Å². The van der Waals surface area contributed by atoms with Crippen molar-refractivity contribution in [3.63, 3.8) is 0 Å². The van der Waals surface area contributed by atoms with Crippen molar-refractivity contribution in [3.8, 4) is 17.1 Å². The van der Waals surface area contributed by atoms with Crippen molar-refractivity contribution >= 4 is 58.3 Å². The molecule has 24 nitrogen and oxygen atoms in total. The third-order valence-electron chi connectivity index (χ3n) is 12.6. The van der Waals surface area contributed by atoms with Crippen molar-refractivity contribution in [1.82, 2.24) is 35.7 Å². The molecule has 0 aliphatic carbocycles. The summed E-state index contributed by atoms with van der Waals surface area (Å²) in [6, 6.07) is 7.04. The predicted molar refractivity (Wildman–Crippen MR) is 269 cm³/mol. The number of carbonyl (C=O) groups is 8. The van der Waals surface area contributed by atoms with E-state index in [0.29, 0.717) is 99.3 Å². The molecule has 3 aliphatic heterocycles. The van der Waals surface area contributed by atoms with Crippen molar-refractivity contribution in [2.24, 2.45) is 0 Å². The topological polar surface area (TPSA) is 308 Å². The second-order valence-corrected chi connectivity index (χ2v) is 17.9. The molecule has 0 saturated heterocycles. The van der Waals surface area contributed by atoms with Crippen LogP contribution in [-0.2, 0) is 90.3 Å². The molecule has 5 heterocycles. The minimum Gasteiger partial charge on any atom is -0.508 e. The average molecular weight is 1060 g/mol. The van der Waals surface area contributed by atoms with Crippen LogP contribution in [0.3, 0.4) is 0 Å². The average Bonchev–Trinajstić information content (AvgIpc) is 3.95. The van der Waals surface area contributed by atoms with E-state index in [4.69, 9.17) is 38.1 Å². The fraction of sp³-hybridized carbons (Fsp3) is 0.538. The second-order valence-electron chi connectivity index (χ2n) is 17.9. The van der Waals surface area contributed by atoms with Crippen LogP contribution >= 0.6 is 0 Å². The van der Waals surface area contributed by atoms with E-state index in [-0.39, 0.29) is 119 Å². The lowest BCUT2D eigenvalue weighted by Gasteiger charge is -2.35. The minimum absolute atomic E-state index is 0.0634. The summed E-state index contributed by atoms with van der Waals surface area (Å²) in [6.45, 7) is 5.01. The number of cyclic esters (lactones) is 1. The first-order valence-corrected chi connectivity index (χ1v) is 25.6. The highest BCUT2D eigenvalue weighted by Crippen LogP contribution is 2.41. The zero-order valence-electron chi connectivity index (χ0n) is 42.9. The van der Waals surface area contributed by atoms with Crippen LogP contribution in [0.4, 0.5) is 0 Å². The van der Waals surface area contributed by atoms with Gasteiger partial charge in [0.1, 0.15) is 38.2 Å². The normalized spacial score (nSPS) is 15.7. The molecule has 24 heteroatoms.